The molecule has 0 amide bonds. The summed E-state index contributed by atoms with van der Waals surface area (Å²) in [5.41, 5.74) is 0.245. The van der Waals surface area contributed by atoms with Gasteiger partial charge < -0.3 is 4.74 Å². The van der Waals surface area contributed by atoms with Crippen molar-refractivity contribution in [2.24, 2.45) is 5.41 Å². The Kier molecular flexibility index (Phi) is 22.1. The number of rotatable bonds is 7. The molecule has 0 rings (SSSR count). The van der Waals surface area contributed by atoms with E-state index in [4.69, 9.17) is 0 Å². The van der Waals surface area contributed by atoms with Gasteiger partial charge in [0, 0.05) is 6.42 Å². The van der Waals surface area contributed by atoms with Crippen LogP contribution < -0.4 is 0 Å². The zero-order valence-corrected chi connectivity index (χ0v) is 15.5. The first-order chi connectivity index (χ1) is 9.02. The van der Waals surface area contributed by atoms with Crippen LogP contribution >= 0.6 is 15.9 Å². The third kappa shape index (κ3) is 20.2. The molecule has 0 aliphatic rings. The summed E-state index contributed by atoms with van der Waals surface area (Å²) in [5.74, 6) is -0.102. The number of halogens is 1. The predicted octanol–water partition coefficient (Wildman–Crippen LogP) is 6.10. The van der Waals surface area contributed by atoms with E-state index >= 15 is 0 Å². The highest BCUT2D eigenvalue weighted by Gasteiger charge is 2.12. The van der Waals surface area contributed by atoms with Crippen LogP contribution in [0.3, 0.4) is 0 Å². The Morgan fingerprint density at radius 2 is 1.63 bits per heavy atom. The van der Waals surface area contributed by atoms with Gasteiger partial charge in [0.2, 0.25) is 0 Å². The lowest BCUT2D eigenvalue weighted by Crippen LogP contribution is -2.06. The SMILES string of the molecule is CC.CC.COC(=O)CCCCCC(C)(C)/C=C/Br. The molecule has 0 aliphatic carbocycles. The zero-order chi connectivity index (χ0) is 15.7. The van der Waals surface area contributed by atoms with Gasteiger partial charge in [0.1, 0.15) is 0 Å². The molecule has 0 unspecified atom stereocenters. The second kappa shape index (κ2) is 17.7. The first-order valence-corrected chi connectivity index (χ1v) is 8.28. The molecular weight excluding hydrogens is 304 g/mol. The van der Waals surface area contributed by atoms with E-state index in [-0.39, 0.29) is 11.4 Å². The number of carbonyl (C=O) groups is 1. The van der Waals surface area contributed by atoms with E-state index in [0.717, 1.165) is 25.7 Å². The van der Waals surface area contributed by atoms with Gasteiger partial charge in [0.05, 0.1) is 7.11 Å². The molecule has 116 valence electrons. The molecule has 0 aromatic rings. The number of esters is 1. The molecule has 0 spiro atoms. The van der Waals surface area contributed by atoms with E-state index < -0.39 is 0 Å². The standard InChI is InChI=1S/C12H21BrO2.2C2H6/c1-12(2,9-10-13)8-6-4-5-7-11(14)15-3;2*1-2/h9-10H,4-8H2,1-3H3;2*1-2H3/b10-9+;;. The van der Waals surface area contributed by atoms with Crippen LogP contribution in [-0.2, 0) is 9.53 Å². The topological polar surface area (TPSA) is 26.3 Å². The number of carbonyl (C=O) groups excluding carboxylic acids is 1. The lowest BCUT2D eigenvalue weighted by molar-refractivity contribution is -0.140. The van der Waals surface area contributed by atoms with E-state index in [2.05, 4.69) is 40.6 Å². The Balaban J connectivity index is -0.000000579. The first kappa shape index (κ1) is 23.8. The Morgan fingerprint density at radius 1 is 1.11 bits per heavy atom. The summed E-state index contributed by atoms with van der Waals surface area (Å²) < 4.78 is 4.58. The number of unbranched alkanes of at least 4 members (excludes halogenated alkanes) is 2. The van der Waals surface area contributed by atoms with Crippen LogP contribution in [0.4, 0.5) is 0 Å². The van der Waals surface area contributed by atoms with E-state index in [1.807, 2.05) is 32.7 Å². The van der Waals surface area contributed by atoms with Gasteiger partial charge >= 0.3 is 5.97 Å². The molecule has 0 bridgehead atoms. The minimum atomic E-state index is -0.102. The minimum absolute atomic E-state index is 0.102. The average Bonchev–Trinajstić information content (AvgIpc) is 2.42. The molecule has 0 aliphatic heterocycles. The maximum Gasteiger partial charge on any atom is 0.305 e. The van der Waals surface area contributed by atoms with Gasteiger partial charge in [-0.1, -0.05) is 76.4 Å². The van der Waals surface area contributed by atoms with Crippen LogP contribution in [0, 0.1) is 5.41 Å². The Bertz CT molecular complexity index is 211. The Hall–Kier alpha value is -0.310. The Morgan fingerprint density at radius 3 is 2.05 bits per heavy atom. The molecule has 19 heavy (non-hydrogen) atoms. The van der Waals surface area contributed by atoms with Crippen LogP contribution in [0.25, 0.3) is 0 Å². The monoisotopic (exact) mass is 336 g/mol. The third-order valence-electron chi connectivity index (χ3n) is 2.44. The number of ether oxygens (including phenoxy) is 1. The summed E-state index contributed by atoms with van der Waals surface area (Å²) in [7, 11) is 1.44. The van der Waals surface area contributed by atoms with Crippen molar-refractivity contribution in [2.75, 3.05) is 7.11 Å². The summed E-state index contributed by atoms with van der Waals surface area (Å²) >= 11 is 3.29. The van der Waals surface area contributed by atoms with Gasteiger partial charge in [-0.3, -0.25) is 4.79 Å². The van der Waals surface area contributed by atoms with Crippen molar-refractivity contribution in [3.05, 3.63) is 11.1 Å². The largest absolute Gasteiger partial charge is 0.469 e. The van der Waals surface area contributed by atoms with Crippen molar-refractivity contribution in [1.82, 2.24) is 0 Å². The highest BCUT2D eigenvalue weighted by molar-refractivity contribution is 9.11. The normalized spacial score (nSPS) is 10.1. The van der Waals surface area contributed by atoms with Gasteiger partial charge in [0.25, 0.3) is 0 Å². The molecule has 0 radical (unpaired) electrons. The molecule has 0 saturated heterocycles. The zero-order valence-electron chi connectivity index (χ0n) is 13.9. The van der Waals surface area contributed by atoms with Crippen molar-refractivity contribution in [3.63, 3.8) is 0 Å². The summed E-state index contributed by atoms with van der Waals surface area (Å²) in [6.45, 7) is 12.4. The van der Waals surface area contributed by atoms with Crippen molar-refractivity contribution < 1.29 is 9.53 Å². The number of hydrogen-bond acceptors (Lipinski definition) is 2. The first-order valence-electron chi connectivity index (χ1n) is 7.36. The second-order valence-corrected chi connectivity index (χ2v) is 4.95. The van der Waals surface area contributed by atoms with E-state index in [1.165, 1.54) is 7.11 Å². The van der Waals surface area contributed by atoms with Crippen molar-refractivity contribution in [3.8, 4) is 0 Å². The molecular formula is C16H33BrO2. The van der Waals surface area contributed by atoms with E-state index in [9.17, 15) is 4.79 Å². The third-order valence-corrected chi connectivity index (χ3v) is 2.71. The van der Waals surface area contributed by atoms with Crippen LogP contribution in [0.5, 0.6) is 0 Å². The van der Waals surface area contributed by atoms with Gasteiger partial charge in [0.15, 0.2) is 0 Å². The van der Waals surface area contributed by atoms with E-state index in [1.54, 1.807) is 0 Å². The van der Waals surface area contributed by atoms with Gasteiger partial charge in [-0.05, 0) is 23.2 Å². The van der Waals surface area contributed by atoms with Crippen molar-refractivity contribution in [2.45, 2.75) is 73.6 Å². The lowest BCUT2D eigenvalue weighted by Gasteiger charge is -2.19. The lowest BCUT2D eigenvalue weighted by atomic mass is 9.87. The molecule has 0 aromatic carbocycles. The molecule has 0 heterocycles. The molecule has 0 aromatic heterocycles. The summed E-state index contributed by atoms with van der Waals surface area (Å²) in [5, 5.41) is 0. The van der Waals surface area contributed by atoms with Crippen molar-refractivity contribution in [1.29, 1.82) is 0 Å². The van der Waals surface area contributed by atoms with Crippen molar-refractivity contribution >= 4 is 21.9 Å². The van der Waals surface area contributed by atoms with Crippen LogP contribution in [-0.4, -0.2) is 13.1 Å². The number of hydrogen-bond donors (Lipinski definition) is 0. The number of allylic oxidation sites excluding steroid dienone is 1. The fourth-order valence-electron chi connectivity index (χ4n) is 1.38. The fourth-order valence-corrected chi connectivity index (χ4v) is 2.10. The predicted molar refractivity (Wildman–Crippen MR) is 89.6 cm³/mol. The second-order valence-electron chi connectivity index (χ2n) is 4.42. The molecule has 3 heteroatoms. The Labute approximate surface area is 129 Å². The van der Waals surface area contributed by atoms with E-state index in [0.29, 0.717) is 6.42 Å². The molecule has 0 fully saturated rings. The van der Waals surface area contributed by atoms with Gasteiger partial charge in [-0.15, -0.1) is 0 Å². The average molecular weight is 337 g/mol. The van der Waals surface area contributed by atoms with Crippen LogP contribution in [0.1, 0.15) is 73.6 Å². The maximum absolute atomic E-state index is 10.8. The molecule has 0 atom stereocenters. The summed E-state index contributed by atoms with van der Waals surface area (Å²) in [6.07, 6.45) is 7.03. The van der Waals surface area contributed by atoms with Crippen LogP contribution in [0.2, 0.25) is 0 Å². The maximum atomic E-state index is 10.8. The highest BCUT2D eigenvalue weighted by atomic mass is 79.9. The van der Waals surface area contributed by atoms with Crippen LogP contribution in [0.15, 0.2) is 11.1 Å². The molecule has 2 nitrogen and oxygen atoms in total. The fraction of sp³-hybridized carbons (Fsp3) is 0.812. The minimum Gasteiger partial charge on any atom is -0.469 e. The number of methoxy groups -OCH3 is 1. The quantitative estimate of drug-likeness (QED) is 0.414. The molecule has 0 N–H and O–H groups in total. The summed E-state index contributed by atoms with van der Waals surface area (Å²) in [4.78, 5) is 12.8. The highest BCUT2D eigenvalue weighted by Crippen LogP contribution is 2.25. The summed E-state index contributed by atoms with van der Waals surface area (Å²) in [6, 6.07) is 0. The van der Waals surface area contributed by atoms with Gasteiger partial charge in [-0.2, -0.15) is 0 Å². The molecule has 0 saturated carbocycles. The van der Waals surface area contributed by atoms with Gasteiger partial charge in [-0.25, -0.2) is 0 Å². The smallest absolute Gasteiger partial charge is 0.305 e.